The standard InChI is InChI=1S/C28H26N2O3S/c1-20-11-15-23(16-12-20)27(22-7-4-3-5-8-22)29-28(31)24-9-6-10-25(19-24)30-34(32,33)26-17-13-21(2)14-18-26/h3-19,27,30H,1-2H3,(H,29,31)/t27-/m0/s1. The normalized spacial score (nSPS) is 12.1. The van der Waals surface area contributed by atoms with Crippen LogP contribution in [0.1, 0.15) is 38.7 Å². The number of rotatable bonds is 7. The number of hydrogen-bond acceptors (Lipinski definition) is 3. The van der Waals surface area contributed by atoms with E-state index in [9.17, 15) is 13.2 Å². The van der Waals surface area contributed by atoms with Crippen molar-refractivity contribution in [3.8, 4) is 0 Å². The first-order valence-electron chi connectivity index (χ1n) is 10.9. The summed E-state index contributed by atoms with van der Waals surface area (Å²) in [5.74, 6) is -0.300. The minimum Gasteiger partial charge on any atom is -0.341 e. The number of anilines is 1. The van der Waals surface area contributed by atoms with Gasteiger partial charge in [0, 0.05) is 11.3 Å². The van der Waals surface area contributed by atoms with Gasteiger partial charge in [-0.2, -0.15) is 0 Å². The number of benzene rings is 4. The summed E-state index contributed by atoms with van der Waals surface area (Å²) in [7, 11) is -3.77. The van der Waals surface area contributed by atoms with Crippen molar-refractivity contribution in [1.82, 2.24) is 5.32 Å². The molecule has 5 nitrogen and oxygen atoms in total. The molecule has 0 aromatic heterocycles. The topological polar surface area (TPSA) is 75.3 Å². The Hall–Kier alpha value is -3.90. The Morgan fingerprint density at radius 3 is 1.94 bits per heavy atom. The molecule has 0 unspecified atom stereocenters. The first kappa shape index (κ1) is 23.3. The Balaban J connectivity index is 1.58. The molecule has 0 aliphatic heterocycles. The van der Waals surface area contributed by atoms with E-state index in [0.29, 0.717) is 11.3 Å². The van der Waals surface area contributed by atoms with Gasteiger partial charge in [-0.15, -0.1) is 0 Å². The highest BCUT2D eigenvalue weighted by atomic mass is 32.2. The number of amides is 1. The molecule has 0 heterocycles. The third-order valence-corrected chi connectivity index (χ3v) is 6.92. The van der Waals surface area contributed by atoms with Crippen LogP contribution in [0.15, 0.2) is 108 Å². The second kappa shape index (κ2) is 9.93. The number of nitrogens with one attached hydrogen (secondary N) is 2. The first-order chi connectivity index (χ1) is 16.3. The van der Waals surface area contributed by atoms with Gasteiger partial charge in [-0.25, -0.2) is 8.42 Å². The zero-order valence-electron chi connectivity index (χ0n) is 19.0. The molecule has 172 valence electrons. The summed E-state index contributed by atoms with van der Waals surface area (Å²) in [4.78, 5) is 13.4. The van der Waals surface area contributed by atoms with E-state index in [1.807, 2.05) is 68.4 Å². The molecule has 4 aromatic carbocycles. The van der Waals surface area contributed by atoms with Crippen LogP contribution in [0.5, 0.6) is 0 Å². The molecule has 0 spiro atoms. The maximum atomic E-state index is 13.2. The zero-order chi connectivity index (χ0) is 24.1. The first-order valence-corrected chi connectivity index (χ1v) is 12.4. The van der Waals surface area contributed by atoms with Crippen LogP contribution in [0.25, 0.3) is 0 Å². The molecule has 4 aromatic rings. The number of carbonyl (C=O) groups is 1. The molecule has 0 fully saturated rings. The van der Waals surface area contributed by atoms with Crippen molar-refractivity contribution in [3.63, 3.8) is 0 Å². The maximum Gasteiger partial charge on any atom is 0.261 e. The fourth-order valence-electron chi connectivity index (χ4n) is 3.63. The average Bonchev–Trinajstić information content (AvgIpc) is 2.84. The van der Waals surface area contributed by atoms with Crippen molar-refractivity contribution in [3.05, 3.63) is 131 Å². The Morgan fingerprint density at radius 2 is 1.29 bits per heavy atom. The lowest BCUT2D eigenvalue weighted by molar-refractivity contribution is 0.0943. The smallest absolute Gasteiger partial charge is 0.261 e. The van der Waals surface area contributed by atoms with Crippen LogP contribution < -0.4 is 10.0 Å². The van der Waals surface area contributed by atoms with E-state index < -0.39 is 10.0 Å². The van der Waals surface area contributed by atoms with Crippen molar-refractivity contribution >= 4 is 21.6 Å². The molecule has 6 heteroatoms. The molecular weight excluding hydrogens is 444 g/mol. The largest absolute Gasteiger partial charge is 0.341 e. The Bertz CT molecular complexity index is 1380. The van der Waals surface area contributed by atoms with Crippen molar-refractivity contribution in [2.75, 3.05) is 4.72 Å². The molecule has 0 aliphatic rings. The van der Waals surface area contributed by atoms with E-state index in [-0.39, 0.29) is 16.8 Å². The molecule has 1 atom stereocenters. The lowest BCUT2D eigenvalue weighted by Gasteiger charge is -2.20. The van der Waals surface area contributed by atoms with E-state index in [1.165, 1.54) is 6.07 Å². The fourth-order valence-corrected chi connectivity index (χ4v) is 4.68. The van der Waals surface area contributed by atoms with E-state index in [2.05, 4.69) is 10.0 Å². The second-order valence-corrected chi connectivity index (χ2v) is 9.91. The molecule has 4 rings (SSSR count). The van der Waals surface area contributed by atoms with Gasteiger partial charge >= 0.3 is 0 Å². The minimum atomic E-state index is -3.77. The molecule has 34 heavy (non-hydrogen) atoms. The average molecular weight is 471 g/mol. The van der Waals surface area contributed by atoms with Gasteiger partial charge in [0.15, 0.2) is 0 Å². The van der Waals surface area contributed by atoms with Crippen LogP contribution in [0.2, 0.25) is 0 Å². The second-order valence-electron chi connectivity index (χ2n) is 8.23. The van der Waals surface area contributed by atoms with Crippen LogP contribution in [-0.2, 0) is 10.0 Å². The van der Waals surface area contributed by atoms with Gasteiger partial charge in [0.25, 0.3) is 15.9 Å². The van der Waals surface area contributed by atoms with Crippen LogP contribution in [0, 0.1) is 13.8 Å². The highest BCUT2D eigenvalue weighted by molar-refractivity contribution is 7.92. The molecule has 1 amide bonds. The highest BCUT2D eigenvalue weighted by Gasteiger charge is 2.19. The Morgan fingerprint density at radius 1 is 0.706 bits per heavy atom. The molecule has 0 aliphatic carbocycles. The third-order valence-electron chi connectivity index (χ3n) is 5.53. The maximum absolute atomic E-state index is 13.2. The van der Waals surface area contributed by atoms with Crippen LogP contribution >= 0.6 is 0 Å². The monoisotopic (exact) mass is 470 g/mol. The minimum absolute atomic E-state index is 0.163. The van der Waals surface area contributed by atoms with Crippen molar-refractivity contribution in [2.24, 2.45) is 0 Å². The SMILES string of the molecule is Cc1ccc([C@@H](NC(=O)c2cccc(NS(=O)(=O)c3ccc(C)cc3)c2)c2ccccc2)cc1. The van der Waals surface area contributed by atoms with Gasteiger partial charge in [-0.3, -0.25) is 9.52 Å². The van der Waals surface area contributed by atoms with Gasteiger partial charge in [0.2, 0.25) is 0 Å². The molecule has 0 radical (unpaired) electrons. The predicted molar refractivity (Wildman–Crippen MR) is 135 cm³/mol. The predicted octanol–water partition coefficient (Wildman–Crippen LogP) is 5.62. The van der Waals surface area contributed by atoms with Crippen LogP contribution in [0.3, 0.4) is 0 Å². The van der Waals surface area contributed by atoms with E-state index in [1.54, 1.807) is 42.5 Å². The van der Waals surface area contributed by atoms with Gasteiger partial charge in [-0.1, -0.05) is 83.9 Å². The van der Waals surface area contributed by atoms with Crippen molar-refractivity contribution in [2.45, 2.75) is 24.8 Å². The molecule has 0 saturated carbocycles. The lowest BCUT2D eigenvalue weighted by atomic mass is 9.97. The summed E-state index contributed by atoms with van der Waals surface area (Å²) in [6, 6.07) is 30.5. The van der Waals surface area contributed by atoms with Crippen molar-refractivity contribution < 1.29 is 13.2 Å². The Kier molecular flexibility index (Phi) is 6.80. The van der Waals surface area contributed by atoms with Crippen LogP contribution in [0.4, 0.5) is 5.69 Å². The fraction of sp³-hybridized carbons (Fsp3) is 0.107. The number of sulfonamides is 1. The lowest BCUT2D eigenvalue weighted by Crippen LogP contribution is -2.29. The molecule has 2 N–H and O–H groups in total. The van der Waals surface area contributed by atoms with E-state index in [4.69, 9.17) is 0 Å². The quantitative estimate of drug-likeness (QED) is 0.368. The van der Waals surface area contributed by atoms with Gasteiger partial charge in [0.1, 0.15) is 0 Å². The summed E-state index contributed by atoms with van der Waals surface area (Å²) in [6.07, 6.45) is 0. The summed E-state index contributed by atoms with van der Waals surface area (Å²) in [6.45, 7) is 3.91. The summed E-state index contributed by atoms with van der Waals surface area (Å²) >= 11 is 0. The van der Waals surface area contributed by atoms with E-state index in [0.717, 1.165) is 22.3 Å². The highest BCUT2D eigenvalue weighted by Crippen LogP contribution is 2.24. The van der Waals surface area contributed by atoms with Gasteiger partial charge < -0.3 is 5.32 Å². The number of hydrogen-bond donors (Lipinski definition) is 2. The van der Waals surface area contributed by atoms with Crippen molar-refractivity contribution in [1.29, 1.82) is 0 Å². The van der Waals surface area contributed by atoms with E-state index >= 15 is 0 Å². The van der Waals surface area contributed by atoms with Gasteiger partial charge in [0.05, 0.1) is 10.9 Å². The summed E-state index contributed by atoms with van der Waals surface area (Å²) in [5.41, 5.74) is 4.70. The summed E-state index contributed by atoms with van der Waals surface area (Å²) in [5, 5.41) is 3.10. The summed E-state index contributed by atoms with van der Waals surface area (Å²) < 4.78 is 28.1. The zero-order valence-corrected chi connectivity index (χ0v) is 19.8. The van der Waals surface area contributed by atoms with Crippen LogP contribution in [-0.4, -0.2) is 14.3 Å². The third kappa shape index (κ3) is 5.53. The number of aryl methyl sites for hydroxylation is 2. The molecule has 0 saturated heterocycles. The number of carbonyl (C=O) groups excluding carboxylic acids is 1. The molecule has 0 bridgehead atoms. The molecular formula is C28H26N2O3S. The Labute approximate surface area is 200 Å². The van der Waals surface area contributed by atoms with Gasteiger partial charge in [-0.05, 0) is 55.3 Å².